The number of carbonyl (C=O) groups excluding carboxylic acids is 1. The number of aliphatic hydroxyl groups excluding tert-OH is 1. The zero-order valence-electron chi connectivity index (χ0n) is 17.6. The van der Waals surface area contributed by atoms with Crippen LogP contribution in [0.2, 0.25) is 0 Å². The first-order valence-corrected chi connectivity index (χ1v) is 11.1. The number of fused-ring (bicyclic) bond motifs is 1. The Labute approximate surface area is 182 Å². The van der Waals surface area contributed by atoms with Crippen LogP contribution in [0.5, 0.6) is 11.5 Å². The van der Waals surface area contributed by atoms with Crippen molar-refractivity contribution in [3.05, 3.63) is 53.6 Å². The first-order valence-electron chi connectivity index (χ1n) is 11.1. The van der Waals surface area contributed by atoms with Gasteiger partial charge in [-0.2, -0.15) is 0 Å². The van der Waals surface area contributed by atoms with Crippen molar-refractivity contribution >= 4 is 11.6 Å². The molecule has 164 valence electrons. The molecule has 0 aromatic heterocycles. The fourth-order valence-electron chi connectivity index (χ4n) is 4.16. The van der Waals surface area contributed by atoms with Crippen LogP contribution in [0.1, 0.15) is 30.1 Å². The molecule has 2 N–H and O–H groups in total. The van der Waals surface area contributed by atoms with Crippen molar-refractivity contribution in [3.63, 3.8) is 0 Å². The van der Waals surface area contributed by atoms with Gasteiger partial charge in [0.05, 0.1) is 6.10 Å². The molecule has 0 spiro atoms. The molecule has 1 saturated heterocycles. The van der Waals surface area contributed by atoms with Crippen molar-refractivity contribution < 1.29 is 19.4 Å². The van der Waals surface area contributed by atoms with Crippen molar-refractivity contribution in [2.24, 2.45) is 5.92 Å². The molecule has 2 aliphatic heterocycles. The van der Waals surface area contributed by atoms with Crippen LogP contribution in [0.15, 0.2) is 42.5 Å². The molecule has 7 heteroatoms. The van der Waals surface area contributed by atoms with Gasteiger partial charge in [0.1, 0.15) is 0 Å². The number of nitrogens with zero attached hydrogens (tertiary/aromatic N) is 2. The Morgan fingerprint density at radius 3 is 2.45 bits per heavy atom. The van der Waals surface area contributed by atoms with Gasteiger partial charge in [-0.1, -0.05) is 18.2 Å². The van der Waals surface area contributed by atoms with Crippen LogP contribution < -0.4 is 14.8 Å². The van der Waals surface area contributed by atoms with E-state index in [-0.39, 0.29) is 11.8 Å². The number of amides is 1. The SMILES string of the molecule is O=C(Nc1ccc(C(O)CN2CCN(Cc3ccc4c(c3)OCO4)CC2)cc1)C1CC1. The van der Waals surface area contributed by atoms with Gasteiger partial charge in [-0.3, -0.25) is 14.6 Å². The standard InChI is InChI=1S/C24H29N3O4/c28-21(18-4-6-20(7-5-18)25-24(29)19-2-3-19)15-27-11-9-26(10-12-27)14-17-1-8-22-23(13-17)31-16-30-22/h1,4-8,13,19,21,28H,2-3,9-12,14-16H2,(H,25,29). The molecule has 1 amide bonds. The molecule has 31 heavy (non-hydrogen) atoms. The Morgan fingerprint density at radius 2 is 1.71 bits per heavy atom. The summed E-state index contributed by atoms with van der Waals surface area (Å²) in [5, 5.41) is 13.6. The second-order valence-corrected chi connectivity index (χ2v) is 8.67. The van der Waals surface area contributed by atoms with Crippen LogP contribution in [-0.2, 0) is 11.3 Å². The number of benzene rings is 2. The number of hydrogen-bond donors (Lipinski definition) is 2. The van der Waals surface area contributed by atoms with Crippen LogP contribution in [0, 0.1) is 5.92 Å². The summed E-state index contributed by atoms with van der Waals surface area (Å²) in [7, 11) is 0. The zero-order chi connectivity index (χ0) is 21.2. The number of β-amino-alcohol motifs (C(OH)–C–C–N with tert-alkyl or cyclic N) is 1. The summed E-state index contributed by atoms with van der Waals surface area (Å²) in [6.45, 7) is 5.60. The molecule has 2 aromatic carbocycles. The lowest BCUT2D eigenvalue weighted by Crippen LogP contribution is -2.47. The Balaban J connectivity index is 1.08. The Bertz CT molecular complexity index is 921. The van der Waals surface area contributed by atoms with E-state index in [1.54, 1.807) is 0 Å². The van der Waals surface area contributed by atoms with E-state index in [9.17, 15) is 9.90 Å². The minimum Gasteiger partial charge on any atom is -0.454 e. The number of aliphatic hydroxyl groups is 1. The van der Waals surface area contributed by atoms with E-state index in [0.29, 0.717) is 13.3 Å². The van der Waals surface area contributed by atoms with Crippen LogP contribution in [0.3, 0.4) is 0 Å². The number of anilines is 1. The second-order valence-electron chi connectivity index (χ2n) is 8.67. The fraction of sp³-hybridized carbons (Fsp3) is 0.458. The van der Waals surface area contributed by atoms with Gasteiger partial charge in [0.2, 0.25) is 12.7 Å². The summed E-state index contributed by atoms with van der Waals surface area (Å²) in [5.74, 6) is 1.94. The molecule has 1 saturated carbocycles. The number of ether oxygens (including phenoxy) is 2. The predicted molar refractivity (Wildman–Crippen MR) is 117 cm³/mol. The van der Waals surface area contributed by atoms with Gasteiger partial charge < -0.3 is 19.9 Å². The van der Waals surface area contributed by atoms with E-state index < -0.39 is 6.10 Å². The maximum absolute atomic E-state index is 11.9. The molecule has 7 nitrogen and oxygen atoms in total. The smallest absolute Gasteiger partial charge is 0.231 e. The highest BCUT2D eigenvalue weighted by Gasteiger charge is 2.29. The van der Waals surface area contributed by atoms with E-state index >= 15 is 0 Å². The van der Waals surface area contributed by atoms with Crippen LogP contribution in [-0.4, -0.2) is 60.3 Å². The molecule has 1 atom stereocenters. The van der Waals surface area contributed by atoms with E-state index in [1.807, 2.05) is 30.3 Å². The third kappa shape index (κ3) is 5.01. The lowest BCUT2D eigenvalue weighted by molar-refractivity contribution is -0.117. The third-order valence-corrected chi connectivity index (χ3v) is 6.25. The number of carbonyl (C=O) groups is 1. The molecule has 5 rings (SSSR count). The Hall–Kier alpha value is -2.61. The molecular formula is C24H29N3O4. The van der Waals surface area contributed by atoms with Crippen molar-refractivity contribution in [1.29, 1.82) is 0 Å². The molecule has 0 radical (unpaired) electrons. The molecule has 2 fully saturated rings. The minimum atomic E-state index is -0.534. The van der Waals surface area contributed by atoms with Crippen LogP contribution in [0.25, 0.3) is 0 Å². The molecule has 2 aromatic rings. The quantitative estimate of drug-likeness (QED) is 0.713. The Kier molecular flexibility index (Phi) is 5.80. The van der Waals surface area contributed by atoms with Crippen molar-refractivity contribution in [1.82, 2.24) is 9.80 Å². The average Bonchev–Trinajstić information content (AvgIpc) is 3.54. The highest BCUT2D eigenvalue weighted by molar-refractivity contribution is 5.94. The van der Waals surface area contributed by atoms with Gasteiger partial charge in [0.15, 0.2) is 11.5 Å². The van der Waals surface area contributed by atoms with Gasteiger partial charge in [0, 0.05) is 50.9 Å². The molecule has 2 heterocycles. The second kappa shape index (κ2) is 8.86. The van der Waals surface area contributed by atoms with Crippen LogP contribution >= 0.6 is 0 Å². The number of nitrogens with one attached hydrogen (secondary N) is 1. The summed E-state index contributed by atoms with van der Waals surface area (Å²) in [4.78, 5) is 16.6. The summed E-state index contributed by atoms with van der Waals surface area (Å²) < 4.78 is 10.9. The fourth-order valence-corrected chi connectivity index (χ4v) is 4.16. The number of rotatable bonds is 7. The number of piperazine rings is 1. The van der Waals surface area contributed by atoms with Gasteiger partial charge in [-0.25, -0.2) is 0 Å². The normalized spacial score (nSPS) is 19.9. The molecule has 3 aliphatic rings. The minimum absolute atomic E-state index is 0.104. The largest absolute Gasteiger partial charge is 0.454 e. The Morgan fingerprint density at radius 1 is 1.00 bits per heavy atom. The van der Waals surface area contributed by atoms with Crippen molar-refractivity contribution in [2.75, 3.05) is 44.8 Å². The van der Waals surface area contributed by atoms with E-state index in [1.165, 1.54) is 5.56 Å². The lowest BCUT2D eigenvalue weighted by atomic mass is 10.1. The summed E-state index contributed by atoms with van der Waals surface area (Å²) >= 11 is 0. The summed E-state index contributed by atoms with van der Waals surface area (Å²) in [6.07, 6.45) is 1.45. The van der Waals surface area contributed by atoms with Crippen molar-refractivity contribution in [2.45, 2.75) is 25.5 Å². The summed E-state index contributed by atoms with van der Waals surface area (Å²) in [5.41, 5.74) is 2.91. The third-order valence-electron chi connectivity index (χ3n) is 6.25. The summed E-state index contributed by atoms with van der Waals surface area (Å²) in [6, 6.07) is 13.7. The monoisotopic (exact) mass is 423 g/mol. The molecule has 0 bridgehead atoms. The zero-order valence-corrected chi connectivity index (χ0v) is 17.6. The maximum Gasteiger partial charge on any atom is 0.231 e. The van der Waals surface area contributed by atoms with Gasteiger partial charge in [0.25, 0.3) is 0 Å². The van der Waals surface area contributed by atoms with Crippen LogP contribution in [0.4, 0.5) is 5.69 Å². The molecular weight excluding hydrogens is 394 g/mol. The predicted octanol–water partition coefficient (Wildman–Crippen LogP) is 2.62. The topological polar surface area (TPSA) is 74.3 Å². The molecule has 1 aliphatic carbocycles. The van der Waals surface area contributed by atoms with E-state index in [0.717, 1.165) is 68.3 Å². The van der Waals surface area contributed by atoms with Gasteiger partial charge in [-0.05, 0) is 48.2 Å². The van der Waals surface area contributed by atoms with E-state index in [4.69, 9.17) is 9.47 Å². The number of hydrogen-bond acceptors (Lipinski definition) is 6. The van der Waals surface area contributed by atoms with Gasteiger partial charge in [-0.15, -0.1) is 0 Å². The maximum atomic E-state index is 11.9. The highest BCUT2D eigenvalue weighted by atomic mass is 16.7. The average molecular weight is 424 g/mol. The molecule has 1 unspecified atom stereocenters. The van der Waals surface area contributed by atoms with Crippen molar-refractivity contribution in [3.8, 4) is 11.5 Å². The van der Waals surface area contributed by atoms with E-state index in [2.05, 4.69) is 27.2 Å². The van der Waals surface area contributed by atoms with Gasteiger partial charge >= 0.3 is 0 Å². The first kappa shape index (κ1) is 20.3. The highest BCUT2D eigenvalue weighted by Crippen LogP contribution is 2.33. The lowest BCUT2D eigenvalue weighted by Gasteiger charge is -2.35. The first-order chi connectivity index (χ1) is 15.1.